The van der Waals surface area contributed by atoms with Crippen LogP contribution in [0.4, 0.5) is 0 Å². The van der Waals surface area contributed by atoms with Gasteiger partial charge in [-0.05, 0) is 23.8 Å². The molecule has 0 aliphatic rings. The second-order valence-corrected chi connectivity index (χ2v) is 2.90. The molecule has 0 amide bonds. The zero-order valence-corrected chi connectivity index (χ0v) is 9.06. The van der Waals surface area contributed by atoms with Gasteiger partial charge in [0.1, 0.15) is 6.61 Å². The molecule has 0 unspecified atom stereocenters. The molecular formula is C12H15NO2. The first-order valence-electron chi connectivity index (χ1n) is 4.65. The second kappa shape index (κ2) is 5.86. The van der Waals surface area contributed by atoms with Crippen molar-refractivity contribution < 1.29 is 9.47 Å². The molecule has 0 aliphatic carbocycles. The van der Waals surface area contributed by atoms with E-state index in [1.807, 2.05) is 18.2 Å². The van der Waals surface area contributed by atoms with Gasteiger partial charge in [0.25, 0.3) is 0 Å². The van der Waals surface area contributed by atoms with Crippen LogP contribution in [-0.2, 0) is 0 Å². The van der Waals surface area contributed by atoms with Crippen LogP contribution < -0.4 is 9.47 Å². The molecule has 0 bridgehead atoms. The number of ether oxygens (including phenoxy) is 2. The molecular weight excluding hydrogens is 190 g/mol. The van der Waals surface area contributed by atoms with E-state index >= 15 is 0 Å². The molecule has 0 spiro atoms. The molecule has 1 aromatic rings. The van der Waals surface area contributed by atoms with Crippen LogP contribution in [0, 0.1) is 0 Å². The lowest BCUT2D eigenvalue weighted by molar-refractivity contribution is 0.326. The lowest BCUT2D eigenvalue weighted by Gasteiger charge is -2.09. The Balaban J connectivity index is 2.92. The second-order valence-electron chi connectivity index (χ2n) is 2.90. The van der Waals surface area contributed by atoms with E-state index in [0.717, 1.165) is 5.56 Å². The molecule has 0 heterocycles. The van der Waals surface area contributed by atoms with Crippen LogP contribution in [0.2, 0.25) is 0 Å². The number of hydrogen-bond acceptors (Lipinski definition) is 3. The third kappa shape index (κ3) is 3.13. The summed E-state index contributed by atoms with van der Waals surface area (Å²) in [6, 6.07) is 5.67. The Hall–Kier alpha value is -1.77. The number of aliphatic imine (C=N–C) groups is 1. The molecule has 0 saturated carbocycles. The van der Waals surface area contributed by atoms with Crippen molar-refractivity contribution in [3.05, 3.63) is 36.4 Å². The van der Waals surface area contributed by atoms with E-state index in [1.165, 1.54) is 0 Å². The van der Waals surface area contributed by atoms with Crippen LogP contribution in [-0.4, -0.2) is 27.0 Å². The number of rotatable bonds is 5. The van der Waals surface area contributed by atoms with Gasteiger partial charge in [0, 0.05) is 13.3 Å². The summed E-state index contributed by atoms with van der Waals surface area (Å²) < 4.78 is 10.6. The van der Waals surface area contributed by atoms with Crippen molar-refractivity contribution in [2.24, 2.45) is 4.99 Å². The third-order valence-corrected chi connectivity index (χ3v) is 1.82. The van der Waals surface area contributed by atoms with Gasteiger partial charge in [0.05, 0.1) is 7.11 Å². The maximum absolute atomic E-state index is 5.42. The summed E-state index contributed by atoms with van der Waals surface area (Å²) in [5.41, 5.74) is 0.986. The summed E-state index contributed by atoms with van der Waals surface area (Å²) in [7, 11) is 3.34. The predicted molar refractivity (Wildman–Crippen MR) is 62.2 cm³/mol. The summed E-state index contributed by atoms with van der Waals surface area (Å²) in [5, 5.41) is 0. The van der Waals surface area contributed by atoms with Crippen molar-refractivity contribution >= 4 is 6.21 Å². The average molecular weight is 205 g/mol. The Labute approximate surface area is 90.1 Å². The van der Waals surface area contributed by atoms with Crippen LogP contribution in [0.15, 0.2) is 35.8 Å². The molecule has 1 rings (SSSR count). The summed E-state index contributed by atoms with van der Waals surface area (Å²) in [6.45, 7) is 4.06. The number of benzene rings is 1. The molecule has 0 fully saturated rings. The Kier molecular flexibility index (Phi) is 4.41. The van der Waals surface area contributed by atoms with Crippen molar-refractivity contribution in [2.75, 3.05) is 20.8 Å². The number of methoxy groups -OCH3 is 1. The fraction of sp³-hybridized carbons (Fsp3) is 0.250. The SMILES string of the molecule is C=CCOc1ccc(C=NC)cc1OC. The molecule has 3 nitrogen and oxygen atoms in total. The topological polar surface area (TPSA) is 30.8 Å². The highest BCUT2D eigenvalue weighted by atomic mass is 16.5. The Morgan fingerprint density at radius 1 is 1.40 bits per heavy atom. The molecule has 80 valence electrons. The zero-order chi connectivity index (χ0) is 11.1. The molecule has 0 saturated heterocycles. The molecule has 15 heavy (non-hydrogen) atoms. The van der Waals surface area contributed by atoms with Crippen molar-refractivity contribution in [1.82, 2.24) is 0 Å². The number of nitrogens with zero attached hydrogens (tertiary/aromatic N) is 1. The first-order chi connectivity index (χ1) is 7.31. The number of hydrogen-bond donors (Lipinski definition) is 0. The Morgan fingerprint density at radius 3 is 2.80 bits per heavy atom. The minimum atomic E-state index is 0.470. The standard InChI is InChI=1S/C12H15NO2/c1-4-7-15-11-6-5-10(9-13-2)8-12(11)14-3/h4-6,8-9H,1,7H2,2-3H3. The van der Waals surface area contributed by atoms with Gasteiger partial charge in [-0.15, -0.1) is 0 Å². The van der Waals surface area contributed by atoms with Crippen LogP contribution >= 0.6 is 0 Å². The summed E-state index contributed by atoms with van der Waals surface area (Å²) >= 11 is 0. The van der Waals surface area contributed by atoms with E-state index in [0.29, 0.717) is 18.1 Å². The summed E-state index contributed by atoms with van der Waals surface area (Å²) in [4.78, 5) is 3.94. The maximum Gasteiger partial charge on any atom is 0.161 e. The summed E-state index contributed by atoms with van der Waals surface area (Å²) in [6.07, 6.45) is 3.46. The molecule has 0 N–H and O–H groups in total. The Morgan fingerprint density at radius 2 is 2.20 bits per heavy atom. The van der Waals surface area contributed by atoms with Gasteiger partial charge < -0.3 is 9.47 Å². The molecule has 0 aliphatic heterocycles. The largest absolute Gasteiger partial charge is 0.493 e. The minimum absolute atomic E-state index is 0.470. The smallest absolute Gasteiger partial charge is 0.161 e. The lowest BCUT2D eigenvalue weighted by atomic mass is 10.2. The van der Waals surface area contributed by atoms with E-state index in [1.54, 1.807) is 26.4 Å². The molecule has 0 radical (unpaired) electrons. The van der Waals surface area contributed by atoms with Crippen molar-refractivity contribution in [3.63, 3.8) is 0 Å². The first-order valence-corrected chi connectivity index (χ1v) is 4.65. The Bertz CT molecular complexity index is 359. The highest BCUT2D eigenvalue weighted by molar-refractivity contribution is 5.80. The highest BCUT2D eigenvalue weighted by Gasteiger charge is 2.03. The fourth-order valence-electron chi connectivity index (χ4n) is 1.18. The van der Waals surface area contributed by atoms with Crippen molar-refractivity contribution in [2.45, 2.75) is 0 Å². The summed E-state index contributed by atoms with van der Waals surface area (Å²) in [5.74, 6) is 1.42. The zero-order valence-electron chi connectivity index (χ0n) is 9.06. The average Bonchev–Trinajstić information content (AvgIpc) is 2.27. The van der Waals surface area contributed by atoms with Gasteiger partial charge in [0.15, 0.2) is 11.5 Å². The van der Waals surface area contributed by atoms with Crippen molar-refractivity contribution in [1.29, 1.82) is 0 Å². The van der Waals surface area contributed by atoms with Crippen molar-refractivity contribution in [3.8, 4) is 11.5 Å². The van der Waals surface area contributed by atoms with Gasteiger partial charge in [-0.25, -0.2) is 0 Å². The van der Waals surface area contributed by atoms with Crippen LogP contribution in [0.5, 0.6) is 11.5 Å². The van der Waals surface area contributed by atoms with Crippen LogP contribution in [0.1, 0.15) is 5.56 Å². The maximum atomic E-state index is 5.42. The van der Waals surface area contributed by atoms with E-state index in [9.17, 15) is 0 Å². The monoisotopic (exact) mass is 205 g/mol. The molecule has 1 aromatic carbocycles. The molecule has 0 aromatic heterocycles. The van der Waals surface area contributed by atoms with Gasteiger partial charge >= 0.3 is 0 Å². The molecule has 0 atom stereocenters. The highest BCUT2D eigenvalue weighted by Crippen LogP contribution is 2.27. The quantitative estimate of drug-likeness (QED) is 0.545. The van der Waals surface area contributed by atoms with Gasteiger partial charge in [-0.2, -0.15) is 0 Å². The third-order valence-electron chi connectivity index (χ3n) is 1.82. The van der Waals surface area contributed by atoms with Crippen LogP contribution in [0.25, 0.3) is 0 Å². The lowest BCUT2D eigenvalue weighted by Crippen LogP contribution is -1.96. The van der Waals surface area contributed by atoms with Gasteiger partial charge in [-0.3, -0.25) is 4.99 Å². The molecule has 3 heteroatoms. The first kappa shape index (κ1) is 11.3. The normalized spacial score (nSPS) is 10.3. The van der Waals surface area contributed by atoms with E-state index < -0.39 is 0 Å². The van der Waals surface area contributed by atoms with E-state index in [-0.39, 0.29) is 0 Å². The van der Waals surface area contributed by atoms with Gasteiger partial charge in [-0.1, -0.05) is 12.7 Å². The van der Waals surface area contributed by atoms with Crippen LogP contribution in [0.3, 0.4) is 0 Å². The minimum Gasteiger partial charge on any atom is -0.493 e. The van der Waals surface area contributed by atoms with E-state index in [4.69, 9.17) is 9.47 Å². The van der Waals surface area contributed by atoms with E-state index in [2.05, 4.69) is 11.6 Å². The predicted octanol–water partition coefficient (Wildman–Crippen LogP) is 2.31. The van der Waals surface area contributed by atoms with Gasteiger partial charge in [0.2, 0.25) is 0 Å². The fourth-order valence-corrected chi connectivity index (χ4v) is 1.18.